The van der Waals surface area contributed by atoms with E-state index >= 15 is 0 Å². The van der Waals surface area contributed by atoms with Gasteiger partial charge >= 0.3 is 0 Å². The molecule has 20 heavy (non-hydrogen) atoms. The number of pyridine rings is 1. The maximum Gasteiger partial charge on any atom is 0.142 e. The van der Waals surface area contributed by atoms with Crippen LogP contribution in [0.2, 0.25) is 0 Å². The normalized spacial score (nSPS) is 22.1. The minimum atomic E-state index is 0.650. The molecule has 5 heteroatoms. The van der Waals surface area contributed by atoms with Crippen molar-refractivity contribution in [3.63, 3.8) is 0 Å². The van der Waals surface area contributed by atoms with E-state index in [1.165, 1.54) is 12.8 Å². The Labute approximate surface area is 129 Å². The first-order valence-electron chi connectivity index (χ1n) is 7.52. The third-order valence-electron chi connectivity index (χ3n) is 4.23. The molecule has 2 saturated heterocycles. The van der Waals surface area contributed by atoms with E-state index in [9.17, 15) is 0 Å². The molecule has 3 rings (SSSR count). The zero-order valence-corrected chi connectivity index (χ0v) is 13.3. The van der Waals surface area contributed by atoms with E-state index in [0.29, 0.717) is 12.1 Å². The van der Waals surface area contributed by atoms with Gasteiger partial charge in [0.05, 0.1) is 4.47 Å². The predicted octanol–water partition coefficient (Wildman–Crippen LogP) is 2.58. The SMILES string of the molecule is Brc1cccnc1N1CCC(NC2CCOCC2)CC1. The number of hydrogen-bond acceptors (Lipinski definition) is 4. The Morgan fingerprint density at radius 2 is 1.85 bits per heavy atom. The van der Waals surface area contributed by atoms with Gasteiger partial charge in [-0.3, -0.25) is 0 Å². The molecule has 0 bridgehead atoms. The number of piperidine rings is 1. The molecule has 0 aromatic carbocycles. The van der Waals surface area contributed by atoms with Crippen molar-refractivity contribution in [3.8, 4) is 0 Å². The standard InChI is InChI=1S/C15H22BrN3O/c16-14-2-1-7-17-15(14)19-8-3-12(4-9-19)18-13-5-10-20-11-6-13/h1-2,7,12-13,18H,3-6,8-11H2. The Morgan fingerprint density at radius 1 is 1.15 bits per heavy atom. The molecule has 0 radical (unpaired) electrons. The van der Waals surface area contributed by atoms with E-state index in [1.807, 2.05) is 12.3 Å². The van der Waals surface area contributed by atoms with Crippen molar-refractivity contribution in [2.45, 2.75) is 37.8 Å². The van der Waals surface area contributed by atoms with Gasteiger partial charge < -0.3 is 15.0 Å². The van der Waals surface area contributed by atoms with Crippen LogP contribution in [0, 0.1) is 0 Å². The summed E-state index contributed by atoms with van der Waals surface area (Å²) in [5.74, 6) is 1.08. The third-order valence-corrected chi connectivity index (χ3v) is 4.85. The number of rotatable bonds is 3. The first kappa shape index (κ1) is 14.3. The zero-order valence-electron chi connectivity index (χ0n) is 11.7. The monoisotopic (exact) mass is 339 g/mol. The van der Waals surface area contributed by atoms with E-state index < -0.39 is 0 Å². The lowest BCUT2D eigenvalue weighted by Crippen LogP contribution is -2.48. The van der Waals surface area contributed by atoms with Crippen LogP contribution in [-0.4, -0.2) is 43.4 Å². The number of anilines is 1. The van der Waals surface area contributed by atoms with Crippen molar-refractivity contribution in [1.29, 1.82) is 0 Å². The summed E-state index contributed by atoms with van der Waals surface area (Å²) in [5, 5.41) is 3.81. The molecule has 1 aromatic rings. The zero-order chi connectivity index (χ0) is 13.8. The summed E-state index contributed by atoms with van der Waals surface area (Å²) in [6, 6.07) is 5.33. The molecule has 0 saturated carbocycles. The summed E-state index contributed by atoms with van der Waals surface area (Å²) in [6.07, 6.45) is 6.57. The average Bonchev–Trinajstić information content (AvgIpc) is 2.50. The van der Waals surface area contributed by atoms with E-state index in [4.69, 9.17) is 4.74 Å². The summed E-state index contributed by atoms with van der Waals surface area (Å²) in [7, 11) is 0. The maximum absolute atomic E-state index is 5.42. The van der Waals surface area contributed by atoms with Crippen LogP contribution in [-0.2, 0) is 4.74 Å². The van der Waals surface area contributed by atoms with Crippen LogP contribution in [0.1, 0.15) is 25.7 Å². The molecule has 2 aliphatic heterocycles. The molecule has 3 heterocycles. The Kier molecular flexibility index (Phi) is 4.91. The van der Waals surface area contributed by atoms with Crippen molar-refractivity contribution < 1.29 is 4.74 Å². The molecule has 110 valence electrons. The lowest BCUT2D eigenvalue weighted by Gasteiger charge is -2.36. The summed E-state index contributed by atoms with van der Waals surface area (Å²) >= 11 is 3.59. The van der Waals surface area contributed by atoms with Gasteiger partial charge in [-0.05, 0) is 53.7 Å². The lowest BCUT2D eigenvalue weighted by atomic mass is 10.0. The number of aromatic nitrogens is 1. The van der Waals surface area contributed by atoms with E-state index in [-0.39, 0.29) is 0 Å². The maximum atomic E-state index is 5.42. The fourth-order valence-corrected chi connectivity index (χ4v) is 3.57. The third kappa shape index (κ3) is 3.51. The van der Waals surface area contributed by atoms with Gasteiger partial charge in [0.1, 0.15) is 5.82 Å². The summed E-state index contributed by atoms with van der Waals surface area (Å²) in [6.45, 7) is 3.99. The van der Waals surface area contributed by atoms with Crippen LogP contribution < -0.4 is 10.2 Å². The van der Waals surface area contributed by atoms with E-state index in [1.54, 1.807) is 0 Å². The van der Waals surface area contributed by atoms with Crippen LogP contribution in [0.4, 0.5) is 5.82 Å². The highest BCUT2D eigenvalue weighted by molar-refractivity contribution is 9.10. The highest BCUT2D eigenvalue weighted by Gasteiger charge is 2.24. The molecule has 0 amide bonds. The fraction of sp³-hybridized carbons (Fsp3) is 0.667. The quantitative estimate of drug-likeness (QED) is 0.918. The summed E-state index contributed by atoms with van der Waals surface area (Å²) in [5.41, 5.74) is 0. The predicted molar refractivity (Wildman–Crippen MR) is 84.1 cm³/mol. The van der Waals surface area contributed by atoms with Gasteiger partial charge in [0.25, 0.3) is 0 Å². The topological polar surface area (TPSA) is 37.4 Å². The molecule has 0 atom stereocenters. The Hall–Kier alpha value is -0.650. The van der Waals surface area contributed by atoms with Gasteiger partial charge in [0, 0.05) is 44.6 Å². The van der Waals surface area contributed by atoms with Gasteiger partial charge in [-0.25, -0.2) is 4.98 Å². The Balaban J connectivity index is 1.50. The fourth-order valence-electron chi connectivity index (χ4n) is 3.07. The summed E-state index contributed by atoms with van der Waals surface area (Å²) < 4.78 is 6.51. The van der Waals surface area contributed by atoms with Crippen molar-refractivity contribution in [1.82, 2.24) is 10.3 Å². The van der Waals surface area contributed by atoms with E-state index in [2.05, 4.69) is 37.2 Å². The second-order valence-electron chi connectivity index (χ2n) is 5.62. The first-order chi connectivity index (χ1) is 9.83. The second-order valence-corrected chi connectivity index (χ2v) is 6.48. The summed E-state index contributed by atoms with van der Waals surface area (Å²) in [4.78, 5) is 6.87. The molecule has 4 nitrogen and oxygen atoms in total. The number of ether oxygens (including phenoxy) is 1. The number of nitrogens with zero attached hydrogens (tertiary/aromatic N) is 2. The molecule has 2 fully saturated rings. The second kappa shape index (κ2) is 6.87. The van der Waals surface area contributed by atoms with Gasteiger partial charge in [0.2, 0.25) is 0 Å². The van der Waals surface area contributed by atoms with Crippen molar-refractivity contribution in [3.05, 3.63) is 22.8 Å². The van der Waals surface area contributed by atoms with Gasteiger partial charge in [0.15, 0.2) is 0 Å². The minimum Gasteiger partial charge on any atom is -0.381 e. The van der Waals surface area contributed by atoms with Gasteiger partial charge in [-0.1, -0.05) is 0 Å². The number of nitrogens with one attached hydrogen (secondary N) is 1. The number of halogens is 1. The van der Waals surface area contributed by atoms with E-state index in [0.717, 1.165) is 49.4 Å². The average molecular weight is 340 g/mol. The molecule has 1 aromatic heterocycles. The van der Waals surface area contributed by atoms with Crippen LogP contribution in [0.5, 0.6) is 0 Å². The molecular weight excluding hydrogens is 318 g/mol. The number of hydrogen-bond donors (Lipinski definition) is 1. The molecular formula is C15H22BrN3O. The molecule has 0 aliphatic carbocycles. The van der Waals surface area contributed by atoms with Gasteiger partial charge in [-0.15, -0.1) is 0 Å². The van der Waals surface area contributed by atoms with Gasteiger partial charge in [-0.2, -0.15) is 0 Å². The molecule has 2 aliphatic rings. The minimum absolute atomic E-state index is 0.650. The largest absolute Gasteiger partial charge is 0.381 e. The van der Waals surface area contributed by atoms with Crippen LogP contribution in [0.3, 0.4) is 0 Å². The Morgan fingerprint density at radius 3 is 2.55 bits per heavy atom. The van der Waals surface area contributed by atoms with Crippen LogP contribution >= 0.6 is 15.9 Å². The van der Waals surface area contributed by atoms with Crippen molar-refractivity contribution in [2.24, 2.45) is 0 Å². The highest BCUT2D eigenvalue weighted by atomic mass is 79.9. The molecule has 0 unspecified atom stereocenters. The smallest absolute Gasteiger partial charge is 0.142 e. The Bertz CT molecular complexity index is 429. The first-order valence-corrected chi connectivity index (χ1v) is 8.31. The lowest BCUT2D eigenvalue weighted by molar-refractivity contribution is 0.0738. The molecule has 1 N–H and O–H groups in total. The van der Waals surface area contributed by atoms with Crippen molar-refractivity contribution >= 4 is 21.7 Å². The van der Waals surface area contributed by atoms with Crippen LogP contribution in [0.25, 0.3) is 0 Å². The molecule has 0 spiro atoms. The van der Waals surface area contributed by atoms with Crippen LogP contribution in [0.15, 0.2) is 22.8 Å². The van der Waals surface area contributed by atoms with Crippen molar-refractivity contribution in [2.75, 3.05) is 31.2 Å². The highest BCUT2D eigenvalue weighted by Crippen LogP contribution is 2.26.